The molecule has 1 aromatic rings. The topological polar surface area (TPSA) is 35.2 Å². The third-order valence-electron chi connectivity index (χ3n) is 3.33. The van der Waals surface area contributed by atoms with Crippen LogP contribution in [-0.4, -0.2) is 13.2 Å². The maximum absolute atomic E-state index is 5.99. The van der Waals surface area contributed by atoms with Gasteiger partial charge in [0, 0.05) is 17.5 Å². The lowest BCUT2D eigenvalue weighted by Crippen LogP contribution is -2.33. The highest BCUT2D eigenvalue weighted by Crippen LogP contribution is 2.40. The zero-order valence-corrected chi connectivity index (χ0v) is 9.63. The number of nitrogens with two attached hydrogens (primary N) is 1. The van der Waals surface area contributed by atoms with Gasteiger partial charge in [0.25, 0.3) is 0 Å². The molecule has 0 spiro atoms. The van der Waals surface area contributed by atoms with Crippen LogP contribution in [0.15, 0.2) is 24.3 Å². The first-order chi connectivity index (χ1) is 7.16. The van der Waals surface area contributed by atoms with Crippen molar-refractivity contribution >= 4 is 11.6 Å². The van der Waals surface area contributed by atoms with Crippen molar-refractivity contribution in [3.63, 3.8) is 0 Å². The molecule has 15 heavy (non-hydrogen) atoms. The fourth-order valence-corrected chi connectivity index (χ4v) is 2.46. The number of rotatable bonds is 2. The zero-order chi connectivity index (χ0) is 10.9. The van der Waals surface area contributed by atoms with Gasteiger partial charge < -0.3 is 10.5 Å². The molecule has 2 nitrogen and oxygen atoms in total. The van der Waals surface area contributed by atoms with Crippen LogP contribution in [0.5, 0.6) is 0 Å². The van der Waals surface area contributed by atoms with Crippen LogP contribution in [0.3, 0.4) is 0 Å². The van der Waals surface area contributed by atoms with Crippen molar-refractivity contribution in [2.75, 3.05) is 13.2 Å². The summed E-state index contributed by atoms with van der Waals surface area (Å²) in [5.74, 6) is 0.385. The van der Waals surface area contributed by atoms with Crippen LogP contribution in [-0.2, 0) is 10.3 Å². The molecule has 0 aliphatic carbocycles. The first-order valence-corrected chi connectivity index (χ1v) is 5.64. The molecule has 1 aliphatic heterocycles. The van der Waals surface area contributed by atoms with Crippen LogP contribution < -0.4 is 5.73 Å². The van der Waals surface area contributed by atoms with E-state index in [2.05, 4.69) is 13.0 Å². The fraction of sp³-hybridized carbons (Fsp3) is 0.500. The second kappa shape index (κ2) is 4.12. The maximum Gasteiger partial charge on any atom is 0.0944 e. The van der Waals surface area contributed by atoms with E-state index in [1.165, 1.54) is 0 Å². The van der Waals surface area contributed by atoms with Crippen LogP contribution in [0.25, 0.3) is 0 Å². The Balaban J connectivity index is 2.36. The Bertz CT molecular complexity index is 355. The van der Waals surface area contributed by atoms with Crippen LogP contribution in [0, 0.1) is 5.92 Å². The van der Waals surface area contributed by atoms with E-state index < -0.39 is 0 Å². The highest BCUT2D eigenvalue weighted by Gasteiger charge is 2.40. The largest absolute Gasteiger partial charge is 0.370 e. The van der Waals surface area contributed by atoms with Crippen LogP contribution in [0.2, 0.25) is 5.02 Å². The first-order valence-electron chi connectivity index (χ1n) is 5.27. The van der Waals surface area contributed by atoms with Gasteiger partial charge in [-0.15, -0.1) is 0 Å². The molecule has 0 aromatic heterocycles. The predicted molar refractivity (Wildman–Crippen MR) is 61.9 cm³/mol. The Hall–Kier alpha value is -0.570. The van der Waals surface area contributed by atoms with E-state index in [9.17, 15) is 0 Å². The second-order valence-electron chi connectivity index (χ2n) is 4.19. The van der Waals surface area contributed by atoms with E-state index in [-0.39, 0.29) is 5.60 Å². The monoisotopic (exact) mass is 225 g/mol. The minimum Gasteiger partial charge on any atom is -0.370 e. The average molecular weight is 226 g/mol. The average Bonchev–Trinajstić information content (AvgIpc) is 2.61. The molecular weight excluding hydrogens is 210 g/mol. The summed E-state index contributed by atoms with van der Waals surface area (Å²) in [4.78, 5) is 0. The Labute approximate surface area is 95.4 Å². The molecule has 3 heteroatoms. The highest BCUT2D eigenvalue weighted by molar-refractivity contribution is 6.30. The summed E-state index contributed by atoms with van der Waals surface area (Å²) in [5, 5.41) is 0.750. The molecule has 0 amide bonds. The summed E-state index contributed by atoms with van der Waals surface area (Å²) in [5.41, 5.74) is 6.64. The van der Waals surface area contributed by atoms with Gasteiger partial charge in [-0.05, 0) is 37.6 Å². The van der Waals surface area contributed by atoms with Crippen molar-refractivity contribution in [3.8, 4) is 0 Å². The van der Waals surface area contributed by atoms with Gasteiger partial charge in [0.15, 0.2) is 0 Å². The fourth-order valence-electron chi connectivity index (χ4n) is 2.27. The Morgan fingerprint density at radius 2 is 2.40 bits per heavy atom. The number of hydrogen-bond acceptors (Lipinski definition) is 2. The van der Waals surface area contributed by atoms with Crippen LogP contribution in [0.4, 0.5) is 0 Å². The van der Waals surface area contributed by atoms with Gasteiger partial charge in [-0.25, -0.2) is 0 Å². The van der Waals surface area contributed by atoms with Crippen molar-refractivity contribution in [2.45, 2.75) is 18.9 Å². The standard InChI is InChI=1S/C12H16ClNO/c1-12(10(8-14)5-6-15-12)9-3-2-4-11(13)7-9/h2-4,7,10H,5-6,8,14H2,1H3. The van der Waals surface area contributed by atoms with Crippen LogP contribution in [0.1, 0.15) is 18.9 Å². The predicted octanol–water partition coefficient (Wildman–Crippen LogP) is 2.55. The number of ether oxygens (including phenoxy) is 1. The SMILES string of the molecule is CC1(c2cccc(Cl)c2)OCCC1CN. The van der Waals surface area contributed by atoms with E-state index in [4.69, 9.17) is 22.1 Å². The van der Waals surface area contributed by atoms with Gasteiger partial charge in [0.2, 0.25) is 0 Å². The van der Waals surface area contributed by atoms with Gasteiger partial charge in [-0.2, -0.15) is 0 Å². The lowest BCUT2D eigenvalue weighted by molar-refractivity contribution is -0.00791. The molecular formula is C12H16ClNO. The van der Waals surface area contributed by atoms with Gasteiger partial charge in [0.05, 0.1) is 5.60 Å². The van der Waals surface area contributed by atoms with Crippen molar-refractivity contribution in [3.05, 3.63) is 34.9 Å². The summed E-state index contributed by atoms with van der Waals surface area (Å²) >= 11 is 5.99. The molecule has 1 aliphatic rings. The minimum absolute atomic E-state index is 0.264. The molecule has 1 fully saturated rings. The van der Waals surface area contributed by atoms with Crippen molar-refractivity contribution in [1.82, 2.24) is 0 Å². The van der Waals surface area contributed by atoms with Gasteiger partial charge in [0.1, 0.15) is 0 Å². The zero-order valence-electron chi connectivity index (χ0n) is 8.87. The van der Waals surface area contributed by atoms with Crippen molar-refractivity contribution in [2.24, 2.45) is 11.7 Å². The van der Waals surface area contributed by atoms with Gasteiger partial charge in [-0.3, -0.25) is 0 Å². The molecule has 2 N–H and O–H groups in total. The Morgan fingerprint density at radius 3 is 3.07 bits per heavy atom. The highest BCUT2D eigenvalue weighted by atomic mass is 35.5. The molecule has 0 saturated carbocycles. The van der Waals surface area contributed by atoms with Gasteiger partial charge >= 0.3 is 0 Å². The van der Waals surface area contributed by atoms with E-state index in [0.29, 0.717) is 12.5 Å². The Morgan fingerprint density at radius 1 is 1.60 bits per heavy atom. The van der Waals surface area contributed by atoms with Gasteiger partial charge in [-0.1, -0.05) is 23.7 Å². The summed E-state index contributed by atoms with van der Waals surface area (Å²) in [7, 11) is 0. The molecule has 82 valence electrons. The van der Waals surface area contributed by atoms with Crippen LogP contribution >= 0.6 is 11.6 Å². The third kappa shape index (κ3) is 1.89. The third-order valence-corrected chi connectivity index (χ3v) is 3.56. The minimum atomic E-state index is -0.264. The number of hydrogen-bond donors (Lipinski definition) is 1. The Kier molecular flexibility index (Phi) is 3.01. The number of benzene rings is 1. The van der Waals surface area contributed by atoms with E-state index >= 15 is 0 Å². The summed E-state index contributed by atoms with van der Waals surface area (Å²) in [6, 6.07) is 7.86. The molecule has 2 rings (SSSR count). The molecule has 1 aromatic carbocycles. The quantitative estimate of drug-likeness (QED) is 0.840. The maximum atomic E-state index is 5.99. The number of halogens is 1. The first kappa shape index (κ1) is 10.9. The lowest BCUT2D eigenvalue weighted by Gasteiger charge is -2.30. The summed E-state index contributed by atoms with van der Waals surface area (Å²) in [6.45, 7) is 3.54. The second-order valence-corrected chi connectivity index (χ2v) is 4.62. The lowest BCUT2D eigenvalue weighted by atomic mass is 9.83. The smallest absolute Gasteiger partial charge is 0.0944 e. The normalized spacial score (nSPS) is 30.7. The molecule has 2 unspecified atom stereocenters. The summed E-state index contributed by atoms with van der Waals surface area (Å²) < 4.78 is 5.85. The molecule has 1 saturated heterocycles. The molecule has 0 radical (unpaired) electrons. The van der Waals surface area contributed by atoms with E-state index in [0.717, 1.165) is 23.6 Å². The molecule has 2 atom stereocenters. The van der Waals surface area contributed by atoms with Crippen molar-refractivity contribution < 1.29 is 4.74 Å². The van der Waals surface area contributed by atoms with E-state index in [1.54, 1.807) is 0 Å². The summed E-state index contributed by atoms with van der Waals surface area (Å²) in [6.07, 6.45) is 1.03. The molecule has 1 heterocycles. The molecule has 0 bridgehead atoms. The van der Waals surface area contributed by atoms with E-state index in [1.807, 2.05) is 18.2 Å². The van der Waals surface area contributed by atoms with Crippen molar-refractivity contribution in [1.29, 1.82) is 0 Å².